The third kappa shape index (κ3) is 4.83. The molecule has 0 aliphatic carbocycles. The number of hydrogen-bond donors (Lipinski definition) is 2. The van der Waals surface area contributed by atoms with Crippen LogP contribution in [0.5, 0.6) is 0 Å². The summed E-state index contributed by atoms with van der Waals surface area (Å²) in [6.45, 7) is 10.8. The molecule has 1 fully saturated rings. The molecular weight excluding hydrogens is 386 g/mol. The molecule has 1 aliphatic rings. The Balaban J connectivity index is 0.00000364. The predicted octanol–water partition coefficient (Wildman–Crippen LogP) is 2.27. The number of nitrogens with two attached hydrogens (primary N) is 1. The van der Waals surface area contributed by atoms with Gasteiger partial charge in [-0.25, -0.2) is 13.1 Å². The second kappa shape index (κ2) is 9.37. The molecule has 1 unspecified atom stereocenters. The van der Waals surface area contributed by atoms with Crippen molar-refractivity contribution in [3.63, 3.8) is 0 Å². The van der Waals surface area contributed by atoms with E-state index in [-0.39, 0.29) is 37.3 Å². The Morgan fingerprint density at radius 1 is 1.07 bits per heavy atom. The number of hydrogen-bond acceptors (Lipinski definition) is 4. The van der Waals surface area contributed by atoms with Gasteiger partial charge in [0, 0.05) is 32.1 Å². The van der Waals surface area contributed by atoms with Gasteiger partial charge in [-0.15, -0.1) is 12.4 Å². The number of halogens is 1. The second-order valence-corrected chi connectivity index (χ2v) is 8.92. The largest absolute Gasteiger partial charge is 0.338 e. The van der Waals surface area contributed by atoms with Gasteiger partial charge < -0.3 is 10.6 Å². The van der Waals surface area contributed by atoms with E-state index in [1.165, 1.54) is 0 Å². The molecule has 1 saturated heterocycles. The summed E-state index contributed by atoms with van der Waals surface area (Å²) in [5, 5.41) is 0. The van der Waals surface area contributed by atoms with Crippen LogP contribution in [0, 0.1) is 34.6 Å². The van der Waals surface area contributed by atoms with Crippen LogP contribution < -0.4 is 10.5 Å². The number of rotatable bonds is 6. The van der Waals surface area contributed by atoms with Gasteiger partial charge in [-0.1, -0.05) is 0 Å². The summed E-state index contributed by atoms with van der Waals surface area (Å²) in [4.78, 5) is 14.5. The van der Waals surface area contributed by atoms with Crippen LogP contribution in [0.2, 0.25) is 0 Å². The number of carbonyl (C=O) groups is 1. The average molecular weight is 418 g/mol. The van der Waals surface area contributed by atoms with E-state index in [1.807, 2.05) is 34.6 Å². The zero-order chi connectivity index (χ0) is 19.6. The smallest absolute Gasteiger partial charge is 0.241 e. The fraction of sp³-hybridized carbons (Fsp3) is 0.632. The summed E-state index contributed by atoms with van der Waals surface area (Å²) >= 11 is 0. The van der Waals surface area contributed by atoms with Crippen LogP contribution in [0.25, 0.3) is 0 Å². The second-order valence-electron chi connectivity index (χ2n) is 7.22. The van der Waals surface area contributed by atoms with Crippen molar-refractivity contribution in [2.24, 2.45) is 5.73 Å². The topological polar surface area (TPSA) is 92.5 Å². The minimum atomic E-state index is -3.67. The molecular formula is C19H32ClN3O3S. The molecule has 2 rings (SSSR count). The van der Waals surface area contributed by atoms with Gasteiger partial charge in [-0.2, -0.15) is 0 Å². The number of benzene rings is 1. The fourth-order valence-electron chi connectivity index (χ4n) is 3.79. The van der Waals surface area contributed by atoms with Crippen LogP contribution in [-0.4, -0.2) is 44.9 Å². The highest BCUT2D eigenvalue weighted by Crippen LogP contribution is 2.29. The lowest BCUT2D eigenvalue weighted by molar-refractivity contribution is -0.131. The molecule has 8 heteroatoms. The standard InChI is InChI=1S/C19H31N3O3S.ClH/c1-12-13(2)15(4)19(16(5)14(12)3)26(24,25)21-9-8-18(23)22-10-6-7-17(22)11-20;/h17,21H,6-11,20H2,1-5H3;1H. The molecule has 3 N–H and O–H groups in total. The first kappa shape index (κ1) is 23.9. The van der Waals surface area contributed by atoms with Crippen molar-refractivity contribution < 1.29 is 13.2 Å². The summed E-state index contributed by atoms with van der Waals surface area (Å²) in [6, 6.07) is 0.0889. The lowest BCUT2D eigenvalue weighted by Crippen LogP contribution is -2.41. The molecule has 0 aromatic heterocycles. The van der Waals surface area contributed by atoms with E-state index in [2.05, 4.69) is 4.72 Å². The van der Waals surface area contributed by atoms with Crippen molar-refractivity contribution in [2.45, 2.75) is 64.8 Å². The number of nitrogens with zero attached hydrogens (tertiary/aromatic N) is 1. The molecule has 1 aliphatic heterocycles. The lowest BCUT2D eigenvalue weighted by atomic mass is 9.95. The SMILES string of the molecule is Cc1c(C)c(C)c(S(=O)(=O)NCCC(=O)N2CCCC2CN)c(C)c1C.Cl. The lowest BCUT2D eigenvalue weighted by Gasteiger charge is -2.23. The minimum absolute atomic E-state index is 0. The molecule has 0 saturated carbocycles. The first-order chi connectivity index (χ1) is 12.1. The third-order valence-electron chi connectivity index (χ3n) is 5.80. The van der Waals surface area contributed by atoms with E-state index in [4.69, 9.17) is 5.73 Å². The Bertz CT molecular complexity index is 780. The number of carbonyl (C=O) groups excluding carboxylic acids is 1. The maximum Gasteiger partial charge on any atom is 0.241 e. The average Bonchev–Trinajstić information content (AvgIpc) is 3.06. The fourth-order valence-corrected chi connectivity index (χ4v) is 5.41. The first-order valence-corrected chi connectivity index (χ1v) is 10.7. The van der Waals surface area contributed by atoms with Crippen LogP contribution in [-0.2, 0) is 14.8 Å². The summed E-state index contributed by atoms with van der Waals surface area (Å²) < 4.78 is 28.3. The Morgan fingerprint density at radius 3 is 2.11 bits per heavy atom. The Morgan fingerprint density at radius 2 is 1.59 bits per heavy atom. The van der Waals surface area contributed by atoms with Crippen molar-refractivity contribution in [3.8, 4) is 0 Å². The van der Waals surface area contributed by atoms with Crippen molar-refractivity contribution in [1.82, 2.24) is 9.62 Å². The summed E-state index contributed by atoms with van der Waals surface area (Å²) in [7, 11) is -3.67. The van der Waals surface area contributed by atoms with Crippen LogP contribution in [0.15, 0.2) is 4.90 Å². The van der Waals surface area contributed by atoms with E-state index in [0.29, 0.717) is 18.0 Å². The molecule has 154 valence electrons. The third-order valence-corrected chi connectivity index (χ3v) is 7.53. The molecule has 1 aromatic carbocycles. The van der Waals surface area contributed by atoms with Crippen molar-refractivity contribution in [1.29, 1.82) is 0 Å². The van der Waals surface area contributed by atoms with Gasteiger partial charge >= 0.3 is 0 Å². The van der Waals surface area contributed by atoms with Crippen LogP contribution in [0.4, 0.5) is 0 Å². The predicted molar refractivity (Wildman–Crippen MR) is 111 cm³/mol. The molecule has 1 amide bonds. The molecule has 1 aromatic rings. The minimum Gasteiger partial charge on any atom is -0.338 e. The van der Waals surface area contributed by atoms with Gasteiger partial charge in [0.15, 0.2) is 0 Å². The number of nitrogens with one attached hydrogen (secondary N) is 1. The Hall–Kier alpha value is -1.15. The van der Waals surface area contributed by atoms with Gasteiger partial charge in [0.05, 0.1) is 4.90 Å². The van der Waals surface area contributed by atoms with Crippen molar-refractivity contribution in [2.75, 3.05) is 19.6 Å². The molecule has 0 spiro atoms. The highest BCUT2D eigenvalue weighted by molar-refractivity contribution is 7.89. The van der Waals surface area contributed by atoms with Crippen LogP contribution in [0.3, 0.4) is 0 Å². The van der Waals surface area contributed by atoms with E-state index < -0.39 is 10.0 Å². The number of amides is 1. The zero-order valence-electron chi connectivity index (χ0n) is 16.9. The molecule has 6 nitrogen and oxygen atoms in total. The summed E-state index contributed by atoms with van der Waals surface area (Å²) in [6.07, 6.45) is 2.03. The molecule has 0 radical (unpaired) electrons. The number of likely N-dealkylation sites (tertiary alicyclic amines) is 1. The molecule has 0 bridgehead atoms. The van der Waals surface area contributed by atoms with E-state index >= 15 is 0 Å². The van der Waals surface area contributed by atoms with E-state index in [1.54, 1.807) is 4.90 Å². The molecule has 1 heterocycles. The van der Waals surface area contributed by atoms with Crippen LogP contribution >= 0.6 is 12.4 Å². The molecule has 27 heavy (non-hydrogen) atoms. The quantitative estimate of drug-likeness (QED) is 0.742. The van der Waals surface area contributed by atoms with Gasteiger partial charge in [-0.3, -0.25) is 4.79 Å². The van der Waals surface area contributed by atoms with Gasteiger partial charge in [0.2, 0.25) is 15.9 Å². The van der Waals surface area contributed by atoms with E-state index in [0.717, 1.165) is 40.7 Å². The first-order valence-electron chi connectivity index (χ1n) is 9.18. The van der Waals surface area contributed by atoms with Crippen molar-refractivity contribution >= 4 is 28.3 Å². The monoisotopic (exact) mass is 417 g/mol. The normalized spacial score (nSPS) is 17.1. The Kier molecular flexibility index (Phi) is 8.29. The maximum atomic E-state index is 12.9. The van der Waals surface area contributed by atoms with Crippen molar-refractivity contribution in [3.05, 3.63) is 27.8 Å². The highest BCUT2D eigenvalue weighted by atomic mass is 35.5. The maximum absolute atomic E-state index is 12.9. The summed E-state index contributed by atoms with van der Waals surface area (Å²) in [5.41, 5.74) is 10.4. The van der Waals surface area contributed by atoms with Gasteiger partial charge in [0.25, 0.3) is 0 Å². The molecule has 1 atom stereocenters. The summed E-state index contributed by atoms with van der Waals surface area (Å²) in [5.74, 6) is -0.0367. The van der Waals surface area contributed by atoms with E-state index in [9.17, 15) is 13.2 Å². The van der Waals surface area contributed by atoms with Gasteiger partial charge in [0.1, 0.15) is 0 Å². The van der Waals surface area contributed by atoms with Crippen LogP contribution in [0.1, 0.15) is 47.1 Å². The number of sulfonamides is 1. The Labute approximate surface area is 169 Å². The highest BCUT2D eigenvalue weighted by Gasteiger charge is 2.28. The zero-order valence-corrected chi connectivity index (χ0v) is 18.5. The van der Waals surface area contributed by atoms with Gasteiger partial charge in [-0.05, 0) is 75.3 Å².